The molecule has 0 aromatic heterocycles. The average molecular weight is 340 g/mol. The van der Waals surface area contributed by atoms with E-state index in [1.54, 1.807) is 26.2 Å². The lowest BCUT2D eigenvalue weighted by molar-refractivity contribution is 0.0520. The molecular weight excluding hydrogens is 316 g/mol. The van der Waals surface area contributed by atoms with Gasteiger partial charge in [-0.25, -0.2) is 4.79 Å². The van der Waals surface area contributed by atoms with Crippen LogP contribution in [-0.2, 0) is 17.6 Å². The van der Waals surface area contributed by atoms with E-state index in [2.05, 4.69) is 18.7 Å². The molecule has 0 spiro atoms. The van der Waals surface area contributed by atoms with Gasteiger partial charge in [-0.3, -0.25) is 0 Å². The second-order valence-electron chi connectivity index (χ2n) is 5.47. The van der Waals surface area contributed by atoms with Crippen LogP contribution in [0.1, 0.15) is 28.4 Å². The molecule has 0 unspecified atom stereocenters. The minimum absolute atomic E-state index is 0.303. The van der Waals surface area contributed by atoms with Crippen LogP contribution in [-0.4, -0.2) is 26.3 Å². The second kappa shape index (κ2) is 9.52. The van der Waals surface area contributed by atoms with Gasteiger partial charge in [-0.15, -0.1) is 0 Å². The van der Waals surface area contributed by atoms with E-state index in [1.807, 2.05) is 24.3 Å². The van der Waals surface area contributed by atoms with Crippen molar-refractivity contribution in [2.45, 2.75) is 19.8 Å². The van der Waals surface area contributed by atoms with Crippen molar-refractivity contribution in [2.75, 3.05) is 20.3 Å². The van der Waals surface area contributed by atoms with Crippen LogP contribution in [0, 0.1) is 0 Å². The van der Waals surface area contributed by atoms with Gasteiger partial charge in [0.1, 0.15) is 23.7 Å². The highest BCUT2D eigenvalue weighted by Gasteiger charge is 2.20. The van der Waals surface area contributed by atoms with Crippen molar-refractivity contribution in [3.05, 3.63) is 71.8 Å². The maximum Gasteiger partial charge on any atom is 0.342 e. The zero-order valence-corrected chi connectivity index (χ0v) is 14.8. The van der Waals surface area contributed by atoms with Crippen molar-refractivity contribution in [1.29, 1.82) is 0 Å². The Morgan fingerprint density at radius 2 is 1.92 bits per heavy atom. The Labute approximate surface area is 149 Å². The summed E-state index contributed by atoms with van der Waals surface area (Å²) in [5, 5.41) is 0. The maximum absolute atomic E-state index is 12.5. The number of aryl methyl sites for hydroxylation is 2. The van der Waals surface area contributed by atoms with Gasteiger partial charge in [-0.05, 0) is 37.0 Å². The van der Waals surface area contributed by atoms with Gasteiger partial charge in [-0.1, -0.05) is 43.0 Å². The predicted molar refractivity (Wildman–Crippen MR) is 98.5 cm³/mol. The van der Waals surface area contributed by atoms with Crippen LogP contribution >= 0.6 is 0 Å². The summed E-state index contributed by atoms with van der Waals surface area (Å²) < 4.78 is 16.3. The second-order valence-corrected chi connectivity index (χ2v) is 5.47. The molecule has 2 rings (SSSR count). The predicted octanol–water partition coefficient (Wildman–Crippen LogP) is 4.22. The number of methoxy groups -OCH3 is 1. The number of ether oxygens (including phenoxy) is 3. The van der Waals surface area contributed by atoms with Gasteiger partial charge < -0.3 is 14.2 Å². The fraction of sp³-hybridized carbons (Fsp3) is 0.286. The van der Waals surface area contributed by atoms with E-state index in [-0.39, 0.29) is 5.97 Å². The van der Waals surface area contributed by atoms with Crippen LogP contribution in [0.15, 0.2) is 55.1 Å². The SMILES string of the molecule is C=CCOc1cc(OC)cc(CCc2ccccc2)c1C(=O)OCC. The monoisotopic (exact) mass is 340 g/mol. The molecule has 2 aromatic rings. The van der Waals surface area contributed by atoms with Crippen LogP contribution in [0.4, 0.5) is 0 Å². The lowest BCUT2D eigenvalue weighted by atomic mass is 9.98. The molecule has 0 aliphatic carbocycles. The standard InChI is InChI=1S/C21H24O4/c1-4-13-25-19-15-18(23-3)14-17(20(19)21(22)24-5-2)12-11-16-9-7-6-8-10-16/h4,6-10,14-15H,1,5,11-13H2,2-3H3. The van der Waals surface area contributed by atoms with Crippen LogP contribution in [0.25, 0.3) is 0 Å². The summed E-state index contributed by atoms with van der Waals surface area (Å²) in [4.78, 5) is 12.5. The topological polar surface area (TPSA) is 44.8 Å². The molecular formula is C21H24O4. The number of esters is 1. The molecule has 0 amide bonds. The number of benzene rings is 2. The van der Waals surface area contributed by atoms with E-state index >= 15 is 0 Å². The normalized spacial score (nSPS) is 10.2. The first kappa shape index (κ1) is 18.6. The molecule has 4 nitrogen and oxygen atoms in total. The van der Waals surface area contributed by atoms with Crippen molar-refractivity contribution < 1.29 is 19.0 Å². The fourth-order valence-electron chi connectivity index (χ4n) is 2.58. The highest BCUT2D eigenvalue weighted by molar-refractivity contribution is 5.94. The molecule has 0 aliphatic heterocycles. The van der Waals surface area contributed by atoms with Gasteiger partial charge in [0.2, 0.25) is 0 Å². The molecule has 0 N–H and O–H groups in total. The number of hydrogen-bond acceptors (Lipinski definition) is 4. The molecule has 0 bridgehead atoms. The van der Waals surface area contributed by atoms with Crippen LogP contribution in [0.5, 0.6) is 11.5 Å². The molecule has 0 aliphatic rings. The number of carbonyl (C=O) groups is 1. The smallest absolute Gasteiger partial charge is 0.342 e. The zero-order chi connectivity index (χ0) is 18.1. The molecule has 0 heterocycles. The summed E-state index contributed by atoms with van der Waals surface area (Å²) in [5.74, 6) is 0.725. The van der Waals surface area contributed by atoms with Gasteiger partial charge in [0.25, 0.3) is 0 Å². The largest absolute Gasteiger partial charge is 0.497 e. The van der Waals surface area contributed by atoms with Crippen molar-refractivity contribution in [1.82, 2.24) is 0 Å². The summed E-state index contributed by atoms with van der Waals surface area (Å²) >= 11 is 0. The Bertz CT molecular complexity index is 707. The van der Waals surface area contributed by atoms with E-state index in [4.69, 9.17) is 14.2 Å². The van der Waals surface area contributed by atoms with Gasteiger partial charge >= 0.3 is 5.97 Å². The van der Waals surface area contributed by atoms with E-state index in [1.165, 1.54) is 5.56 Å². The van der Waals surface area contributed by atoms with E-state index in [0.717, 1.165) is 12.0 Å². The van der Waals surface area contributed by atoms with Crippen molar-refractivity contribution in [3.63, 3.8) is 0 Å². The van der Waals surface area contributed by atoms with Gasteiger partial charge in [0, 0.05) is 6.07 Å². The Balaban J connectivity index is 2.38. The first-order valence-corrected chi connectivity index (χ1v) is 8.35. The molecule has 2 aromatic carbocycles. The fourth-order valence-corrected chi connectivity index (χ4v) is 2.58. The lowest BCUT2D eigenvalue weighted by Gasteiger charge is -2.16. The van der Waals surface area contributed by atoms with Gasteiger partial charge in [-0.2, -0.15) is 0 Å². The Kier molecular flexibility index (Phi) is 7.08. The lowest BCUT2D eigenvalue weighted by Crippen LogP contribution is -2.12. The van der Waals surface area contributed by atoms with Crippen LogP contribution in [0.2, 0.25) is 0 Å². The average Bonchev–Trinajstić information content (AvgIpc) is 2.65. The maximum atomic E-state index is 12.5. The summed E-state index contributed by atoms with van der Waals surface area (Å²) in [6.07, 6.45) is 3.12. The molecule has 0 atom stereocenters. The van der Waals surface area contributed by atoms with Crippen molar-refractivity contribution >= 4 is 5.97 Å². The summed E-state index contributed by atoms with van der Waals surface area (Å²) in [5.41, 5.74) is 2.51. The minimum Gasteiger partial charge on any atom is -0.497 e. The Hall–Kier alpha value is -2.75. The molecule has 25 heavy (non-hydrogen) atoms. The van der Waals surface area contributed by atoms with Crippen molar-refractivity contribution in [2.24, 2.45) is 0 Å². The van der Waals surface area contributed by atoms with E-state index < -0.39 is 0 Å². The Morgan fingerprint density at radius 1 is 1.16 bits per heavy atom. The third-order valence-corrected chi connectivity index (χ3v) is 3.76. The first-order valence-electron chi connectivity index (χ1n) is 8.35. The molecule has 0 fully saturated rings. The highest BCUT2D eigenvalue weighted by atomic mass is 16.5. The Morgan fingerprint density at radius 3 is 2.56 bits per heavy atom. The quantitative estimate of drug-likeness (QED) is 0.506. The third-order valence-electron chi connectivity index (χ3n) is 3.76. The molecule has 0 saturated heterocycles. The summed E-state index contributed by atoms with van der Waals surface area (Å²) in [7, 11) is 1.59. The first-order chi connectivity index (χ1) is 12.2. The van der Waals surface area contributed by atoms with E-state index in [0.29, 0.717) is 36.7 Å². The zero-order valence-electron chi connectivity index (χ0n) is 14.8. The van der Waals surface area contributed by atoms with Gasteiger partial charge in [0.05, 0.1) is 13.7 Å². The molecule has 0 radical (unpaired) electrons. The highest BCUT2D eigenvalue weighted by Crippen LogP contribution is 2.31. The van der Waals surface area contributed by atoms with Gasteiger partial charge in [0.15, 0.2) is 0 Å². The van der Waals surface area contributed by atoms with E-state index in [9.17, 15) is 4.79 Å². The number of carbonyl (C=O) groups excluding carboxylic acids is 1. The van der Waals surface area contributed by atoms with Crippen molar-refractivity contribution in [3.8, 4) is 11.5 Å². The third kappa shape index (κ3) is 5.11. The van der Waals surface area contributed by atoms with Crippen LogP contribution in [0.3, 0.4) is 0 Å². The summed E-state index contributed by atoms with van der Waals surface area (Å²) in [6, 6.07) is 13.7. The summed E-state index contributed by atoms with van der Waals surface area (Å²) in [6.45, 7) is 6.05. The number of rotatable bonds is 9. The van der Waals surface area contributed by atoms with Crippen LogP contribution < -0.4 is 9.47 Å². The number of hydrogen-bond donors (Lipinski definition) is 0. The molecule has 132 valence electrons. The minimum atomic E-state index is -0.382. The molecule has 4 heteroatoms. The molecule has 0 saturated carbocycles.